The predicted octanol–water partition coefficient (Wildman–Crippen LogP) is 0.216. The van der Waals surface area contributed by atoms with Crippen LogP contribution in [0.4, 0.5) is 0 Å². The second-order valence-electron chi connectivity index (χ2n) is 1.66. The summed E-state index contributed by atoms with van der Waals surface area (Å²) in [5.74, 6) is 0.0301. The molecule has 8 heavy (non-hydrogen) atoms. The van der Waals surface area contributed by atoms with E-state index in [0.717, 1.165) is 0 Å². The van der Waals surface area contributed by atoms with Gasteiger partial charge in [-0.05, 0) is 14.0 Å². The Bertz CT molecular complexity index is 78.5. The molecule has 0 fully saturated rings. The molecule has 0 saturated carbocycles. The third-order valence-electron chi connectivity index (χ3n) is 1.04. The molecule has 0 radical (unpaired) electrons. The third-order valence-corrected chi connectivity index (χ3v) is 1.04. The summed E-state index contributed by atoms with van der Waals surface area (Å²) in [7, 11) is 1.68. The Morgan fingerprint density at radius 3 is 2.38 bits per heavy atom. The monoisotopic (exact) mass is 115 g/mol. The van der Waals surface area contributed by atoms with Crippen LogP contribution < -0.4 is 5.32 Å². The number of carbonyl (C=O) groups is 1. The Balaban J connectivity index is 3.52. The van der Waals surface area contributed by atoms with Gasteiger partial charge in [-0.2, -0.15) is 0 Å². The number of hydrogen-bond acceptors (Lipinski definition) is 2. The molecule has 0 heterocycles. The van der Waals surface area contributed by atoms with Crippen molar-refractivity contribution < 1.29 is 4.79 Å². The standard InChI is InChI=1S/C5H11N2O/c1-4(8)5(3-6)7-2/h5-7H,3H2,1-2H3/q-1. The molecule has 0 rings (SSSR count). The molecule has 0 aliphatic rings. The van der Waals surface area contributed by atoms with Crippen LogP contribution in [0.1, 0.15) is 6.92 Å². The first-order valence-corrected chi connectivity index (χ1v) is 2.54. The van der Waals surface area contributed by atoms with Gasteiger partial charge in [0, 0.05) is 6.04 Å². The first-order valence-electron chi connectivity index (χ1n) is 2.54. The second kappa shape index (κ2) is 3.57. The molecule has 0 saturated heterocycles. The molecule has 0 aliphatic heterocycles. The van der Waals surface area contributed by atoms with Crippen molar-refractivity contribution in [2.75, 3.05) is 13.6 Å². The molecule has 0 spiro atoms. The van der Waals surface area contributed by atoms with E-state index in [1.54, 1.807) is 7.05 Å². The molecule has 1 atom stereocenters. The van der Waals surface area contributed by atoms with Gasteiger partial charge in [0.2, 0.25) is 0 Å². The van der Waals surface area contributed by atoms with Crippen LogP contribution in [-0.4, -0.2) is 25.4 Å². The van der Waals surface area contributed by atoms with Crippen molar-refractivity contribution in [1.29, 1.82) is 0 Å². The molecule has 0 aromatic carbocycles. The predicted molar refractivity (Wildman–Crippen MR) is 32.7 cm³/mol. The average molecular weight is 115 g/mol. The Morgan fingerprint density at radius 2 is 2.38 bits per heavy atom. The minimum atomic E-state index is -0.269. The molecule has 0 aromatic rings. The van der Waals surface area contributed by atoms with E-state index in [2.05, 4.69) is 5.32 Å². The number of Topliss-reactive ketones (excluding diaryl/α,β-unsaturated/α-hetero) is 1. The molecular weight excluding hydrogens is 104 g/mol. The van der Waals surface area contributed by atoms with Crippen molar-refractivity contribution in [3.63, 3.8) is 0 Å². The summed E-state index contributed by atoms with van der Waals surface area (Å²) in [6.45, 7) is 1.61. The fourth-order valence-electron chi connectivity index (χ4n) is 0.449. The van der Waals surface area contributed by atoms with Crippen LogP contribution in [0.15, 0.2) is 0 Å². The fraction of sp³-hybridized carbons (Fsp3) is 0.800. The van der Waals surface area contributed by atoms with Gasteiger partial charge in [0.15, 0.2) is 0 Å². The molecule has 0 bridgehead atoms. The molecule has 0 aromatic heterocycles. The van der Waals surface area contributed by atoms with Crippen molar-refractivity contribution >= 4 is 5.78 Å². The number of nitrogens with one attached hydrogen (secondary N) is 2. The van der Waals surface area contributed by atoms with E-state index in [-0.39, 0.29) is 18.4 Å². The van der Waals surface area contributed by atoms with Crippen LogP contribution in [0.5, 0.6) is 0 Å². The zero-order valence-electron chi connectivity index (χ0n) is 5.19. The summed E-state index contributed by atoms with van der Waals surface area (Å²) in [6.07, 6.45) is 0. The summed E-state index contributed by atoms with van der Waals surface area (Å²) in [5, 5.41) is 2.71. The SMILES string of the molecule is CNC(C[NH-])C(C)=O. The zero-order valence-corrected chi connectivity index (χ0v) is 5.19. The van der Waals surface area contributed by atoms with Gasteiger partial charge in [-0.15, -0.1) is 6.54 Å². The Labute approximate surface area is 49.3 Å². The molecule has 3 nitrogen and oxygen atoms in total. The van der Waals surface area contributed by atoms with Crippen LogP contribution in [0.3, 0.4) is 0 Å². The van der Waals surface area contributed by atoms with Crippen LogP contribution in [0, 0.1) is 0 Å². The largest absolute Gasteiger partial charge is 0.676 e. The normalized spacial score (nSPS) is 13.4. The van der Waals surface area contributed by atoms with Crippen LogP contribution in [0.25, 0.3) is 5.73 Å². The summed E-state index contributed by atoms with van der Waals surface area (Å²) in [4.78, 5) is 10.4. The lowest BCUT2D eigenvalue weighted by molar-refractivity contribution is -0.118. The molecule has 0 amide bonds. The molecular formula is C5H11N2O-. The molecule has 2 N–H and O–H groups in total. The minimum Gasteiger partial charge on any atom is -0.676 e. The maximum absolute atomic E-state index is 10.4. The minimum absolute atomic E-state index is 0.0301. The molecule has 3 heteroatoms. The van der Waals surface area contributed by atoms with E-state index in [9.17, 15) is 4.79 Å². The lowest BCUT2D eigenvalue weighted by Crippen LogP contribution is -2.34. The highest BCUT2D eigenvalue weighted by atomic mass is 16.1. The van der Waals surface area contributed by atoms with Gasteiger partial charge in [0.1, 0.15) is 5.78 Å². The number of hydrogen-bond donors (Lipinski definition) is 1. The highest BCUT2D eigenvalue weighted by Gasteiger charge is 2.02. The van der Waals surface area contributed by atoms with Crippen molar-refractivity contribution in [1.82, 2.24) is 5.32 Å². The van der Waals surface area contributed by atoms with Gasteiger partial charge in [0.05, 0.1) is 0 Å². The Morgan fingerprint density at radius 1 is 1.88 bits per heavy atom. The van der Waals surface area contributed by atoms with E-state index < -0.39 is 0 Å². The van der Waals surface area contributed by atoms with Gasteiger partial charge >= 0.3 is 0 Å². The third kappa shape index (κ3) is 2.04. The average Bonchev–Trinajstić information content (AvgIpc) is 1.69. The van der Waals surface area contributed by atoms with Crippen molar-refractivity contribution in [3.05, 3.63) is 5.73 Å². The lowest BCUT2D eigenvalue weighted by atomic mass is 10.2. The zero-order chi connectivity index (χ0) is 6.57. The number of carbonyl (C=O) groups excluding carboxylic acids is 1. The van der Waals surface area contributed by atoms with Crippen LogP contribution >= 0.6 is 0 Å². The van der Waals surface area contributed by atoms with E-state index in [4.69, 9.17) is 5.73 Å². The maximum atomic E-state index is 10.4. The van der Waals surface area contributed by atoms with Gasteiger partial charge in [-0.1, -0.05) is 0 Å². The highest BCUT2D eigenvalue weighted by Crippen LogP contribution is 1.82. The summed E-state index contributed by atoms with van der Waals surface area (Å²) >= 11 is 0. The number of likely N-dealkylation sites (N-methyl/N-ethyl adjacent to an activating group) is 1. The first-order chi connectivity index (χ1) is 3.72. The number of rotatable bonds is 3. The van der Waals surface area contributed by atoms with Gasteiger partial charge in [-0.3, -0.25) is 4.79 Å². The molecule has 48 valence electrons. The van der Waals surface area contributed by atoms with Crippen molar-refractivity contribution in [3.8, 4) is 0 Å². The maximum Gasteiger partial charge on any atom is 0.144 e. The molecule has 0 aliphatic carbocycles. The van der Waals surface area contributed by atoms with Gasteiger partial charge in [0.25, 0.3) is 0 Å². The Hall–Kier alpha value is -0.410. The van der Waals surface area contributed by atoms with Crippen molar-refractivity contribution in [2.24, 2.45) is 0 Å². The van der Waals surface area contributed by atoms with E-state index >= 15 is 0 Å². The second-order valence-corrected chi connectivity index (χ2v) is 1.66. The topological polar surface area (TPSA) is 52.9 Å². The van der Waals surface area contributed by atoms with Gasteiger partial charge < -0.3 is 11.1 Å². The fourth-order valence-corrected chi connectivity index (χ4v) is 0.449. The van der Waals surface area contributed by atoms with E-state index in [1.165, 1.54) is 6.92 Å². The first kappa shape index (κ1) is 7.59. The van der Waals surface area contributed by atoms with Crippen LogP contribution in [0.2, 0.25) is 0 Å². The molecule has 1 unspecified atom stereocenters. The van der Waals surface area contributed by atoms with E-state index in [1.807, 2.05) is 0 Å². The lowest BCUT2D eigenvalue weighted by Gasteiger charge is -2.12. The summed E-state index contributed by atoms with van der Waals surface area (Å²) < 4.78 is 0. The Kier molecular flexibility index (Phi) is 3.39. The summed E-state index contributed by atoms with van der Waals surface area (Å²) in [6, 6.07) is -0.269. The summed E-state index contributed by atoms with van der Waals surface area (Å²) in [5.41, 5.74) is 6.81. The van der Waals surface area contributed by atoms with Crippen LogP contribution in [-0.2, 0) is 4.79 Å². The van der Waals surface area contributed by atoms with Gasteiger partial charge in [-0.25, -0.2) is 0 Å². The highest BCUT2D eigenvalue weighted by molar-refractivity contribution is 5.81. The van der Waals surface area contributed by atoms with E-state index in [0.29, 0.717) is 0 Å². The van der Waals surface area contributed by atoms with Crippen molar-refractivity contribution in [2.45, 2.75) is 13.0 Å². The smallest absolute Gasteiger partial charge is 0.144 e. The quantitative estimate of drug-likeness (QED) is 0.571. The number of ketones is 1.